The van der Waals surface area contributed by atoms with Crippen molar-refractivity contribution < 1.29 is 13.9 Å². The normalized spacial score (nSPS) is 16.6. The molecule has 0 aromatic heterocycles. The number of carbonyl (C=O) groups is 1. The zero-order valence-electron chi connectivity index (χ0n) is 13.5. The van der Waals surface area contributed by atoms with Gasteiger partial charge in [-0.05, 0) is 35.0 Å². The van der Waals surface area contributed by atoms with Crippen LogP contribution >= 0.6 is 0 Å². The number of nitrogens with zero attached hydrogens (tertiary/aromatic N) is 2. The van der Waals surface area contributed by atoms with Crippen LogP contribution < -0.4 is 0 Å². The Balaban J connectivity index is 1.72. The Morgan fingerprint density at radius 3 is 2.60 bits per heavy atom. The molecule has 124 valence electrons. The van der Waals surface area contributed by atoms with Gasteiger partial charge in [0.15, 0.2) is 0 Å². The second kappa shape index (κ2) is 6.02. The van der Waals surface area contributed by atoms with Gasteiger partial charge in [-0.2, -0.15) is 5.01 Å². The first-order chi connectivity index (χ1) is 12.1. The highest BCUT2D eigenvalue weighted by molar-refractivity contribution is 6.00. The minimum Gasteiger partial charge on any atom is -0.446 e. The Hall–Kier alpha value is -3.21. The van der Waals surface area contributed by atoms with E-state index in [1.54, 1.807) is 12.1 Å². The Kier molecular flexibility index (Phi) is 3.69. The largest absolute Gasteiger partial charge is 0.446 e. The van der Waals surface area contributed by atoms with Gasteiger partial charge in [-0.1, -0.05) is 42.5 Å². The number of halogens is 1. The van der Waals surface area contributed by atoms with E-state index in [-0.39, 0.29) is 11.7 Å². The van der Waals surface area contributed by atoms with Gasteiger partial charge >= 0.3 is 0 Å². The molecule has 0 aliphatic carbocycles. The van der Waals surface area contributed by atoms with Gasteiger partial charge in [0.2, 0.25) is 18.0 Å². The lowest BCUT2D eigenvalue weighted by atomic mass is 10.1. The Bertz CT molecular complexity index is 1000. The van der Waals surface area contributed by atoms with Gasteiger partial charge in [0.1, 0.15) is 5.82 Å². The summed E-state index contributed by atoms with van der Waals surface area (Å²) in [6.07, 6.45) is -0.769. The highest BCUT2D eigenvalue weighted by Gasteiger charge is 2.33. The fourth-order valence-electron chi connectivity index (χ4n) is 2.88. The fourth-order valence-corrected chi connectivity index (χ4v) is 2.88. The van der Waals surface area contributed by atoms with Crippen molar-refractivity contribution in [2.75, 3.05) is 0 Å². The van der Waals surface area contributed by atoms with E-state index in [4.69, 9.17) is 4.74 Å². The lowest BCUT2D eigenvalue weighted by molar-refractivity contribution is -0.135. The first-order valence-electron chi connectivity index (χ1n) is 7.91. The molecule has 1 aliphatic rings. The summed E-state index contributed by atoms with van der Waals surface area (Å²) in [5, 5.41) is 7.70. The highest BCUT2D eigenvalue weighted by atomic mass is 19.1. The van der Waals surface area contributed by atoms with Crippen LogP contribution in [-0.2, 0) is 9.53 Å². The number of benzene rings is 3. The van der Waals surface area contributed by atoms with Gasteiger partial charge in [0.25, 0.3) is 0 Å². The molecule has 0 radical (unpaired) electrons. The average molecular weight is 334 g/mol. The maximum atomic E-state index is 13.5. The minimum atomic E-state index is -0.769. The zero-order chi connectivity index (χ0) is 17.4. The van der Waals surface area contributed by atoms with Crippen molar-refractivity contribution >= 4 is 22.6 Å². The number of fused-ring (bicyclic) bond motifs is 1. The van der Waals surface area contributed by atoms with Gasteiger partial charge in [0.05, 0.1) is 0 Å². The van der Waals surface area contributed by atoms with Gasteiger partial charge in [0, 0.05) is 18.1 Å². The fraction of sp³-hybridized carbons (Fsp3) is 0.100. The Morgan fingerprint density at radius 2 is 1.84 bits per heavy atom. The molecule has 0 saturated carbocycles. The molecule has 1 aliphatic heterocycles. The molecule has 1 unspecified atom stereocenters. The van der Waals surface area contributed by atoms with Crippen LogP contribution in [0.2, 0.25) is 0 Å². The van der Waals surface area contributed by atoms with E-state index in [1.807, 2.05) is 42.5 Å². The molecule has 1 atom stereocenters. The third-order valence-corrected chi connectivity index (χ3v) is 4.10. The molecule has 0 N–H and O–H groups in total. The molecule has 0 spiro atoms. The van der Waals surface area contributed by atoms with Crippen LogP contribution in [0.1, 0.15) is 24.3 Å². The second-order valence-electron chi connectivity index (χ2n) is 5.86. The SMILES string of the molecule is CC(=O)N1N=C(c2ccc3ccccc3c2)OC1c1cccc(F)c1. The predicted octanol–water partition coefficient (Wildman–Crippen LogP) is 4.22. The maximum absolute atomic E-state index is 13.5. The van der Waals surface area contributed by atoms with E-state index in [1.165, 1.54) is 24.1 Å². The van der Waals surface area contributed by atoms with Crippen LogP contribution in [0.25, 0.3) is 10.8 Å². The number of hydrogen-bond donors (Lipinski definition) is 0. The van der Waals surface area contributed by atoms with Gasteiger partial charge in [-0.15, -0.1) is 5.10 Å². The lowest BCUT2D eigenvalue weighted by Gasteiger charge is -2.19. The topological polar surface area (TPSA) is 41.9 Å². The minimum absolute atomic E-state index is 0.273. The van der Waals surface area contributed by atoms with Crippen molar-refractivity contribution in [2.45, 2.75) is 13.2 Å². The summed E-state index contributed by atoms with van der Waals surface area (Å²) in [4.78, 5) is 11.9. The first kappa shape index (κ1) is 15.3. The molecule has 4 nitrogen and oxygen atoms in total. The third kappa shape index (κ3) is 2.85. The van der Waals surface area contributed by atoms with Crippen LogP contribution in [0.3, 0.4) is 0 Å². The molecule has 1 heterocycles. The average Bonchev–Trinajstić information content (AvgIpc) is 3.07. The van der Waals surface area contributed by atoms with Gasteiger partial charge in [-0.3, -0.25) is 4.79 Å². The zero-order valence-corrected chi connectivity index (χ0v) is 13.5. The smallest absolute Gasteiger partial charge is 0.243 e. The molecular weight excluding hydrogens is 319 g/mol. The number of hydrogen-bond acceptors (Lipinski definition) is 3. The second-order valence-corrected chi connectivity index (χ2v) is 5.86. The van der Waals surface area contributed by atoms with E-state index >= 15 is 0 Å². The summed E-state index contributed by atoms with van der Waals surface area (Å²) in [5.41, 5.74) is 1.30. The van der Waals surface area contributed by atoms with E-state index in [0.717, 1.165) is 16.3 Å². The molecule has 3 aromatic rings. The van der Waals surface area contributed by atoms with Crippen molar-refractivity contribution in [1.82, 2.24) is 5.01 Å². The van der Waals surface area contributed by atoms with E-state index in [9.17, 15) is 9.18 Å². The lowest BCUT2D eigenvalue weighted by Crippen LogP contribution is -2.25. The van der Waals surface area contributed by atoms with Crippen molar-refractivity contribution in [2.24, 2.45) is 5.10 Å². The Labute approximate surface area is 144 Å². The number of hydrazone groups is 1. The molecule has 25 heavy (non-hydrogen) atoms. The number of ether oxygens (including phenoxy) is 1. The van der Waals surface area contributed by atoms with Crippen molar-refractivity contribution in [3.63, 3.8) is 0 Å². The molecule has 3 aromatic carbocycles. The maximum Gasteiger partial charge on any atom is 0.243 e. The standard InChI is InChI=1S/C20H15FN2O2/c1-13(24)23-20(17-7-4-8-18(21)12-17)25-19(22-23)16-10-9-14-5-2-3-6-15(14)11-16/h2-12,20H,1H3. The van der Waals surface area contributed by atoms with Crippen LogP contribution in [0, 0.1) is 5.82 Å². The summed E-state index contributed by atoms with van der Waals surface area (Å²) in [6.45, 7) is 1.41. The third-order valence-electron chi connectivity index (χ3n) is 4.10. The first-order valence-corrected chi connectivity index (χ1v) is 7.91. The quantitative estimate of drug-likeness (QED) is 0.704. The molecule has 5 heteroatoms. The molecule has 4 rings (SSSR count). The van der Waals surface area contributed by atoms with Crippen molar-refractivity contribution in [3.05, 3.63) is 83.7 Å². The van der Waals surface area contributed by atoms with E-state index in [0.29, 0.717) is 11.5 Å². The van der Waals surface area contributed by atoms with E-state index in [2.05, 4.69) is 5.10 Å². The number of amides is 1. The molecule has 1 amide bonds. The monoisotopic (exact) mass is 334 g/mol. The molecule has 0 bridgehead atoms. The Morgan fingerprint density at radius 1 is 1.04 bits per heavy atom. The van der Waals surface area contributed by atoms with Crippen LogP contribution in [0.5, 0.6) is 0 Å². The van der Waals surface area contributed by atoms with Crippen molar-refractivity contribution in [1.29, 1.82) is 0 Å². The van der Waals surface area contributed by atoms with Crippen LogP contribution in [0.4, 0.5) is 4.39 Å². The summed E-state index contributed by atoms with van der Waals surface area (Å²) >= 11 is 0. The van der Waals surface area contributed by atoms with Crippen LogP contribution in [0.15, 0.2) is 71.8 Å². The van der Waals surface area contributed by atoms with Crippen LogP contribution in [-0.4, -0.2) is 16.8 Å². The molecule has 0 fully saturated rings. The van der Waals surface area contributed by atoms with Gasteiger partial charge in [-0.25, -0.2) is 4.39 Å². The molecule has 0 saturated heterocycles. The van der Waals surface area contributed by atoms with Crippen molar-refractivity contribution in [3.8, 4) is 0 Å². The highest BCUT2D eigenvalue weighted by Crippen LogP contribution is 2.31. The number of rotatable bonds is 2. The number of carbonyl (C=O) groups excluding carboxylic acids is 1. The summed E-state index contributed by atoms with van der Waals surface area (Å²) < 4.78 is 19.4. The summed E-state index contributed by atoms with van der Waals surface area (Å²) in [5.74, 6) is -0.316. The molecular formula is C20H15FN2O2. The predicted molar refractivity (Wildman–Crippen MR) is 93.2 cm³/mol. The van der Waals surface area contributed by atoms with Gasteiger partial charge < -0.3 is 4.74 Å². The summed E-state index contributed by atoms with van der Waals surface area (Å²) in [7, 11) is 0. The summed E-state index contributed by atoms with van der Waals surface area (Å²) in [6, 6.07) is 19.8. The van der Waals surface area contributed by atoms with E-state index < -0.39 is 6.23 Å².